The van der Waals surface area contributed by atoms with Crippen molar-refractivity contribution in [2.24, 2.45) is 5.73 Å². The number of amides is 1. The van der Waals surface area contributed by atoms with E-state index in [-0.39, 0.29) is 12.1 Å². The molecule has 22 heavy (non-hydrogen) atoms. The Morgan fingerprint density at radius 3 is 2.68 bits per heavy atom. The SMILES string of the molecule is N[C@@H]1CCN(C(=O)Oc2ccc(Cl)cc2C2CCCCC2)C1. The van der Waals surface area contributed by atoms with Crippen LogP contribution >= 0.6 is 11.6 Å². The highest BCUT2D eigenvalue weighted by Crippen LogP contribution is 2.39. The molecular weight excluding hydrogens is 300 g/mol. The number of carbonyl (C=O) groups is 1. The van der Waals surface area contributed by atoms with Crippen molar-refractivity contribution in [3.8, 4) is 5.75 Å². The van der Waals surface area contributed by atoms with Crippen molar-refractivity contribution >= 4 is 17.7 Å². The molecule has 4 nitrogen and oxygen atoms in total. The molecule has 1 amide bonds. The summed E-state index contributed by atoms with van der Waals surface area (Å²) in [5.74, 6) is 1.10. The normalized spacial score (nSPS) is 22.8. The van der Waals surface area contributed by atoms with E-state index < -0.39 is 0 Å². The summed E-state index contributed by atoms with van der Waals surface area (Å²) in [6.45, 7) is 1.25. The number of nitrogens with zero attached hydrogens (tertiary/aromatic N) is 1. The Morgan fingerprint density at radius 2 is 2.00 bits per heavy atom. The van der Waals surface area contributed by atoms with Gasteiger partial charge in [-0.3, -0.25) is 0 Å². The van der Waals surface area contributed by atoms with Crippen molar-refractivity contribution in [1.82, 2.24) is 4.90 Å². The standard InChI is InChI=1S/C17H23ClN2O2/c18-13-6-7-16(15(10-13)12-4-2-1-3-5-12)22-17(21)20-9-8-14(19)11-20/h6-7,10,12,14H,1-5,8-9,11,19H2/t14-/m1/s1. The second-order valence-electron chi connectivity index (χ2n) is 6.38. The van der Waals surface area contributed by atoms with E-state index in [1.165, 1.54) is 19.3 Å². The fourth-order valence-electron chi connectivity index (χ4n) is 3.46. The Morgan fingerprint density at radius 1 is 1.23 bits per heavy atom. The van der Waals surface area contributed by atoms with Crippen LogP contribution in [0.25, 0.3) is 0 Å². The van der Waals surface area contributed by atoms with Gasteiger partial charge in [0.05, 0.1) is 0 Å². The molecule has 1 heterocycles. The first-order valence-electron chi connectivity index (χ1n) is 8.15. The van der Waals surface area contributed by atoms with Crippen molar-refractivity contribution < 1.29 is 9.53 Å². The summed E-state index contributed by atoms with van der Waals surface area (Å²) in [5.41, 5.74) is 6.93. The van der Waals surface area contributed by atoms with Crippen LogP contribution in [0.3, 0.4) is 0 Å². The minimum Gasteiger partial charge on any atom is -0.410 e. The lowest BCUT2D eigenvalue weighted by Crippen LogP contribution is -2.34. The number of hydrogen-bond acceptors (Lipinski definition) is 3. The highest BCUT2D eigenvalue weighted by atomic mass is 35.5. The van der Waals surface area contributed by atoms with Crippen LogP contribution < -0.4 is 10.5 Å². The van der Waals surface area contributed by atoms with Gasteiger partial charge in [0.1, 0.15) is 5.75 Å². The van der Waals surface area contributed by atoms with Gasteiger partial charge in [-0.25, -0.2) is 4.79 Å². The summed E-state index contributed by atoms with van der Waals surface area (Å²) in [4.78, 5) is 14.0. The largest absolute Gasteiger partial charge is 0.415 e. The van der Waals surface area contributed by atoms with Crippen LogP contribution in [0, 0.1) is 0 Å². The van der Waals surface area contributed by atoms with Crippen LogP contribution in [-0.2, 0) is 0 Å². The zero-order chi connectivity index (χ0) is 15.5. The summed E-state index contributed by atoms with van der Waals surface area (Å²) < 4.78 is 5.66. The third-order valence-corrected chi connectivity index (χ3v) is 4.93. The number of hydrogen-bond donors (Lipinski definition) is 1. The lowest BCUT2D eigenvalue weighted by molar-refractivity contribution is 0.161. The molecule has 1 aromatic carbocycles. The predicted octanol–water partition coefficient (Wildman–Crippen LogP) is 3.92. The molecule has 0 aromatic heterocycles. The molecule has 1 atom stereocenters. The second kappa shape index (κ2) is 6.88. The smallest absolute Gasteiger partial charge is 0.410 e. The van der Waals surface area contributed by atoms with Crippen LogP contribution in [-0.4, -0.2) is 30.1 Å². The van der Waals surface area contributed by atoms with E-state index in [2.05, 4.69) is 0 Å². The predicted molar refractivity (Wildman–Crippen MR) is 87.5 cm³/mol. The first kappa shape index (κ1) is 15.6. The van der Waals surface area contributed by atoms with E-state index in [1.54, 1.807) is 11.0 Å². The summed E-state index contributed by atoms with van der Waals surface area (Å²) in [6, 6.07) is 5.62. The van der Waals surface area contributed by atoms with Crippen molar-refractivity contribution in [2.75, 3.05) is 13.1 Å². The van der Waals surface area contributed by atoms with Gasteiger partial charge >= 0.3 is 6.09 Å². The fraction of sp³-hybridized carbons (Fsp3) is 0.588. The third-order valence-electron chi connectivity index (χ3n) is 4.70. The third kappa shape index (κ3) is 3.55. The molecule has 1 aliphatic carbocycles. The van der Waals surface area contributed by atoms with Gasteiger partial charge < -0.3 is 15.4 Å². The Labute approximate surface area is 136 Å². The maximum Gasteiger partial charge on any atom is 0.415 e. The number of likely N-dealkylation sites (tertiary alicyclic amines) is 1. The summed E-state index contributed by atoms with van der Waals surface area (Å²) >= 11 is 6.15. The molecule has 0 radical (unpaired) electrons. The van der Waals surface area contributed by atoms with Gasteiger partial charge in [-0.15, -0.1) is 0 Å². The molecule has 1 aliphatic heterocycles. The molecule has 3 rings (SSSR count). The van der Waals surface area contributed by atoms with Gasteiger partial charge in [0.15, 0.2) is 0 Å². The van der Waals surface area contributed by atoms with Crippen LogP contribution in [0.1, 0.15) is 50.0 Å². The number of halogens is 1. The molecular formula is C17H23ClN2O2. The Kier molecular flexibility index (Phi) is 4.89. The average Bonchev–Trinajstić information content (AvgIpc) is 2.96. The van der Waals surface area contributed by atoms with E-state index in [9.17, 15) is 4.79 Å². The van der Waals surface area contributed by atoms with E-state index in [4.69, 9.17) is 22.1 Å². The van der Waals surface area contributed by atoms with Crippen molar-refractivity contribution in [2.45, 2.75) is 50.5 Å². The summed E-state index contributed by atoms with van der Waals surface area (Å²) in [7, 11) is 0. The Hall–Kier alpha value is -1.26. The molecule has 2 aliphatic rings. The minimum atomic E-state index is -0.299. The van der Waals surface area contributed by atoms with Crippen LogP contribution in [0.5, 0.6) is 5.75 Å². The highest BCUT2D eigenvalue weighted by Gasteiger charge is 2.27. The van der Waals surface area contributed by atoms with Crippen molar-refractivity contribution in [3.05, 3.63) is 28.8 Å². The van der Waals surface area contributed by atoms with Crippen LogP contribution in [0.4, 0.5) is 4.79 Å². The molecule has 5 heteroatoms. The first-order chi connectivity index (χ1) is 10.6. The van der Waals surface area contributed by atoms with Crippen LogP contribution in [0.15, 0.2) is 18.2 Å². The fourth-order valence-corrected chi connectivity index (χ4v) is 3.64. The molecule has 1 saturated carbocycles. The Bertz CT molecular complexity index is 543. The highest BCUT2D eigenvalue weighted by molar-refractivity contribution is 6.30. The Balaban J connectivity index is 1.76. The molecule has 0 bridgehead atoms. The van der Waals surface area contributed by atoms with E-state index in [1.807, 2.05) is 12.1 Å². The zero-order valence-corrected chi connectivity index (χ0v) is 13.5. The topological polar surface area (TPSA) is 55.6 Å². The van der Waals surface area contributed by atoms with E-state index in [0.717, 1.165) is 24.8 Å². The molecule has 1 aromatic rings. The second-order valence-corrected chi connectivity index (χ2v) is 6.82. The van der Waals surface area contributed by atoms with Gasteiger partial charge in [-0.1, -0.05) is 30.9 Å². The van der Waals surface area contributed by atoms with Gasteiger partial charge in [0.2, 0.25) is 0 Å². The van der Waals surface area contributed by atoms with E-state index in [0.29, 0.717) is 29.8 Å². The monoisotopic (exact) mass is 322 g/mol. The molecule has 1 saturated heterocycles. The lowest BCUT2D eigenvalue weighted by Gasteiger charge is -2.25. The lowest BCUT2D eigenvalue weighted by atomic mass is 9.84. The molecule has 2 fully saturated rings. The molecule has 0 spiro atoms. The molecule has 120 valence electrons. The zero-order valence-electron chi connectivity index (χ0n) is 12.8. The minimum absolute atomic E-state index is 0.0654. The molecule has 2 N–H and O–H groups in total. The van der Waals surface area contributed by atoms with Gasteiger partial charge in [0, 0.05) is 24.2 Å². The van der Waals surface area contributed by atoms with Gasteiger partial charge in [0.25, 0.3) is 0 Å². The van der Waals surface area contributed by atoms with Crippen molar-refractivity contribution in [1.29, 1.82) is 0 Å². The first-order valence-corrected chi connectivity index (χ1v) is 8.53. The quantitative estimate of drug-likeness (QED) is 0.897. The van der Waals surface area contributed by atoms with Crippen molar-refractivity contribution in [3.63, 3.8) is 0 Å². The van der Waals surface area contributed by atoms with E-state index >= 15 is 0 Å². The maximum absolute atomic E-state index is 12.3. The van der Waals surface area contributed by atoms with Gasteiger partial charge in [-0.05, 0) is 48.9 Å². The summed E-state index contributed by atoms with van der Waals surface area (Å²) in [5, 5.41) is 0.698. The average molecular weight is 323 g/mol. The number of carbonyl (C=O) groups excluding carboxylic acids is 1. The number of nitrogens with two attached hydrogens (primary N) is 1. The number of rotatable bonds is 2. The number of ether oxygens (including phenoxy) is 1. The number of benzene rings is 1. The molecule has 0 unspecified atom stereocenters. The van der Waals surface area contributed by atoms with Gasteiger partial charge in [-0.2, -0.15) is 0 Å². The summed E-state index contributed by atoms with van der Waals surface area (Å²) in [6.07, 6.45) is 6.56. The maximum atomic E-state index is 12.3. The van der Waals surface area contributed by atoms with Crippen LogP contribution in [0.2, 0.25) is 5.02 Å².